The average Bonchev–Trinajstić information content (AvgIpc) is 3.23. The zero-order valence-electron chi connectivity index (χ0n) is 22.2. The highest BCUT2D eigenvalue weighted by atomic mass is 35.5. The number of aryl methyl sites for hydroxylation is 1. The van der Waals surface area contributed by atoms with Crippen LogP contribution in [0.3, 0.4) is 0 Å². The van der Waals surface area contributed by atoms with Gasteiger partial charge >= 0.3 is 0 Å². The fourth-order valence-electron chi connectivity index (χ4n) is 5.86. The molecule has 208 valence electrons. The van der Waals surface area contributed by atoms with Crippen LogP contribution in [0.15, 0.2) is 72.8 Å². The Hall–Kier alpha value is -3.39. The molecule has 3 heterocycles. The van der Waals surface area contributed by atoms with E-state index in [1.54, 1.807) is 21.9 Å². The lowest BCUT2D eigenvalue weighted by Gasteiger charge is -2.47. The third-order valence-electron chi connectivity index (χ3n) is 7.83. The Balaban J connectivity index is 0.000000403. The van der Waals surface area contributed by atoms with E-state index in [1.165, 1.54) is 0 Å². The third-order valence-corrected chi connectivity index (χ3v) is 8.32. The van der Waals surface area contributed by atoms with E-state index in [-0.39, 0.29) is 30.7 Å². The molecule has 9 heteroatoms. The van der Waals surface area contributed by atoms with Crippen molar-refractivity contribution in [3.8, 4) is 0 Å². The minimum Gasteiger partial charge on any atom is -0.378 e. The first-order valence-electron chi connectivity index (χ1n) is 13.3. The number of hydrogen-bond donors (Lipinski definition) is 1. The molecule has 0 saturated carbocycles. The number of nitrogens with zero attached hydrogens (tertiary/aromatic N) is 2. The Kier molecular flexibility index (Phi) is 8.45. The number of amides is 3. The van der Waals surface area contributed by atoms with Gasteiger partial charge in [0.05, 0.1) is 19.3 Å². The van der Waals surface area contributed by atoms with Crippen LogP contribution in [0.1, 0.15) is 35.6 Å². The first-order valence-corrected chi connectivity index (χ1v) is 14.1. The molecule has 0 unspecified atom stereocenters. The number of fused-ring (bicyclic) bond motifs is 2. The van der Waals surface area contributed by atoms with E-state index >= 15 is 0 Å². The topological polar surface area (TPSA) is 79.0 Å². The Morgan fingerprint density at radius 3 is 2.35 bits per heavy atom. The molecule has 3 aliphatic rings. The number of anilines is 1. The van der Waals surface area contributed by atoms with Crippen molar-refractivity contribution in [2.75, 3.05) is 38.2 Å². The van der Waals surface area contributed by atoms with E-state index in [9.17, 15) is 14.4 Å². The maximum Gasteiger partial charge on any atom is 0.242 e. The second-order valence-corrected chi connectivity index (χ2v) is 11.1. The molecule has 3 aliphatic heterocycles. The molecule has 0 radical (unpaired) electrons. The predicted molar refractivity (Wildman–Crippen MR) is 155 cm³/mol. The van der Waals surface area contributed by atoms with Gasteiger partial charge in [0.15, 0.2) is 0 Å². The monoisotopic (exact) mass is 579 g/mol. The van der Waals surface area contributed by atoms with Crippen LogP contribution in [-0.2, 0) is 24.5 Å². The molecular weight excluding hydrogens is 549 g/mol. The van der Waals surface area contributed by atoms with Crippen molar-refractivity contribution < 1.29 is 19.1 Å². The summed E-state index contributed by atoms with van der Waals surface area (Å²) in [5, 5.41) is 4.32. The second-order valence-electron chi connectivity index (χ2n) is 10.2. The summed E-state index contributed by atoms with van der Waals surface area (Å²) >= 11 is 11.7. The zero-order chi connectivity index (χ0) is 28.3. The van der Waals surface area contributed by atoms with Gasteiger partial charge in [-0.15, -0.1) is 0 Å². The molecular formula is C31H31Cl2N3O4. The minimum absolute atomic E-state index is 0.0736. The lowest BCUT2D eigenvalue weighted by molar-refractivity contribution is -0.151. The van der Waals surface area contributed by atoms with Gasteiger partial charge in [-0.05, 0) is 54.3 Å². The first kappa shape index (κ1) is 28.1. The summed E-state index contributed by atoms with van der Waals surface area (Å²) in [5.41, 5.74) is 2.33. The molecule has 0 bridgehead atoms. The Bertz CT molecular complexity index is 1410. The maximum atomic E-state index is 13.7. The lowest BCUT2D eigenvalue weighted by atomic mass is 9.66. The molecule has 0 aromatic heterocycles. The van der Waals surface area contributed by atoms with Crippen molar-refractivity contribution in [3.05, 3.63) is 99.5 Å². The van der Waals surface area contributed by atoms with Gasteiger partial charge in [0.1, 0.15) is 12.0 Å². The molecule has 2 saturated heterocycles. The quantitative estimate of drug-likeness (QED) is 0.450. The number of halogens is 2. The largest absolute Gasteiger partial charge is 0.378 e. The summed E-state index contributed by atoms with van der Waals surface area (Å²) in [6.07, 6.45) is 0.557. The normalized spacial score (nSPS) is 21.9. The van der Waals surface area contributed by atoms with Crippen molar-refractivity contribution in [1.29, 1.82) is 0 Å². The fourth-order valence-corrected chi connectivity index (χ4v) is 6.18. The van der Waals surface area contributed by atoms with Crippen LogP contribution in [0.5, 0.6) is 0 Å². The lowest BCUT2D eigenvalue weighted by Crippen LogP contribution is -2.57. The number of ether oxygens (including phenoxy) is 1. The number of piperidine rings is 1. The van der Waals surface area contributed by atoms with Crippen molar-refractivity contribution in [2.24, 2.45) is 0 Å². The van der Waals surface area contributed by atoms with Gasteiger partial charge in [0.25, 0.3) is 0 Å². The van der Waals surface area contributed by atoms with Crippen LogP contribution in [0.2, 0.25) is 10.0 Å². The van der Waals surface area contributed by atoms with Crippen LogP contribution in [0.25, 0.3) is 0 Å². The summed E-state index contributed by atoms with van der Waals surface area (Å²) in [7, 11) is 0. The molecule has 3 aromatic rings. The Morgan fingerprint density at radius 2 is 1.68 bits per heavy atom. The number of carbonyl (C=O) groups excluding carboxylic acids is 3. The summed E-state index contributed by atoms with van der Waals surface area (Å²) < 4.78 is 5.37. The van der Waals surface area contributed by atoms with Crippen molar-refractivity contribution in [2.45, 2.75) is 31.2 Å². The summed E-state index contributed by atoms with van der Waals surface area (Å²) in [6, 6.07) is 22.0. The molecule has 1 N–H and O–H groups in total. The standard InChI is InChI=1S/C25H26ClN3O4.C6H5Cl/c1-16-4-2-3-5-18(16)23-25(19-7-6-17(26)14-20(19)27-24(25)32)9-8-21(30)29(23)15-22(31)28-10-12-33-13-11-28;7-6-4-2-1-3-5-6/h2-7,14,23H,8-13,15H2,1H3,(H,27,32);1-5H/t23-,25-;/m1./s1. The van der Waals surface area contributed by atoms with Crippen LogP contribution < -0.4 is 5.32 Å². The predicted octanol–water partition coefficient (Wildman–Crippen LogP) is 5.40. The van der Waals surface area contributed by atoms with Crippen molar-refractivity contribution in [3.63, 3.8) is 0 Å². The molecule has 2 fully saturated rings. The molecule has 1 spiro atoms. The molecule has 6 rings (SSSR count). The zero-order valence-corrected chi connectivity index (χ0v) is 23.8. The summed E-state index contributed by atoms with van der Waals surface area (Å²) in [4.78, 5) is 43.5. The number of rotatable bonds is 3. The average molecular weight is 581 g/mol. The van der Waals surface area contributed by atoms with E-state index < -0.39 is 11.5 Å². The molecule has 3 aromatic carbocycles. The van der Waals surface area contributed by atoms with Gasteiger partial charge in [-0.2, -0.15) is 0 Å². The first-order chi connectivity index (χ1) is 19.3. The van der Waals surface area contributed by atoms with Gasteiger partial charge in [-0.3, -0.25) is 14.4 Å². The highest BCUT2D eigenvalue weighted by Gasteiger charge is 2.58. The van der Waals surface area contributed by atoms with E-state index in [4.69, 9.17) is 27.9 Å². The number of morpholine rings is 1. The van der Waals surface area contributed by atoms with E-state index in [0.29, 0.717) is 43.4 Å². The molecule has 0 aliphatic carbocycles. The van der Waals surface area contributed by atoms with Crippen LogP contribution in [0.4, 0.5) is 5.69 Å². The number of benzene rings is 3. The van der Waals surface area contributed by atoms with Gasteiger partial charge in [-0.25, -0.2) is 0 Å². The van der Waals surface area contributed by atoms with Crippen LogP contribution in [-0.4, -0.2) is 60.4 Å². The third kappa shape index (κ3) is 5.46. The van der Waals surface area contributed by atoms with E-state index in [2.05, 4.69) is 5.32 Å². The molecule has 2 atom stereocenters. The number of nitrogens with one attached hydrogen (secondary N) is 1. The van der Waals surface area contributed by atoms with Crippen molar-refractivity contribution in [1.82, 2.24) is 9.80 Å². The Morgan fingerprint density at radius 1 is 0.975 bits per heavy atom. The minimum atomic E-state index is -0.995. The van der Waals surface area contributed by atoms with E-state index in [1.807, 2.05) is 67.6 Å². The van der Waals surface area contributed by atoms with Gasteiger partial charge in [0, 0.05) is 35.2 Å². The van der Waals surface area contributed by atoms with Crippen LogP contribution in [0, 0.1) is 6.92 Å². The van der Waals surface area contributed by atoms with Gasteiger partial charge in [0.2, 0.25) is 17.7 Å². The van der Waals surface area contributed by atoms with Gasteiger partial charge in [-0.1, -0.05) is 71.7 Å². The van der Waals surface area contributed by atoms with E-state index in [0.717, 1.165) is 21.7 Å². The van der Waals surface area contributed by atoms with Crippen molar-refractivity contribution >= 4 is 46.6 Å². The fraction of sp³-hybridized carbons (Fsp3) is 0.323. The molecule has 3 amide bonds. The number of carbonyl (C=O) groups is 3. The Labute approximate surface area is 244 Å². The number of hydrogen-bond acceptors (Lipinski definition) is 4. The SMILES string of the molecule is Cc1ccccc1[C@H]1N(CC(=O)N2CCOCC2)C(=O)CC[C@]12C(=O)Nc1cc(Cl)ccc12.Clc1ccccc1. The highest BCUT2D eigenvalue weighted by Crippen LogP contribution is 2.54. The summed E-state index contributed by atoms with van der Waals surface area (Å²) in [6.45, 7) is 3.88. The maximum absolute atomic E-state index is 13.7. The number of likely N-dealkylation sites (tertiary alicyclic amines) is 1. The molecule has 7 nitrogen and oxygen atoms in total. The second kappa shape index (κ2) is 12.0. The smallest absolute Gasteiger partial charge is 0.242 e. The summed E-state index contributed by atoms with van der Waals surface area (Å²) in [5.74, 6) is -0.410. The molecule has 40 heavy (non-hydrogen) atoms. The van der Waals surface area contributed by atoms with Gasteiger partial charge < -0.3 is 19.9 Å². The highest BCUT2D eigenvalue weighted by molar-refractivity contribution is 6.31. The van der Waals surface area contributed by atoms with Crippen LogP contribution >= 0.6 is 23.2 Å².